The monoisotopic (exact) mass is 444 g/mol. The van der Waals surface area contributed by atoms with Gasteiger partial charge in [0.1, 0.15) is 5.78 Å². The Hall–Kier alpha value is -1.24. The molecule has 6 heteroatoms. The lowest BCUT2D eigenvalue weighted by Gasteiger charge is -2.57. The third-order valence-corrected chi connectivity index (χ3v) is 11.3. The maximum atomic E-state index is 13.7. The average Bonchev–Trinajstić information content (AvgIpc) is 3.07. The van der Waals surface area contributed by atoms with Crippen molar-refractivity contribution in [3.8, 4) is 0 Å². The van der Waals surface area contributed by atoms with E-state index in [0.29, 0.717) is 18.8 Å². The van der Waals surface area contributed by atoms with Crippen molar-refractivity contribution >= 4 is 15.8 Å². The molecule has 5 nitrogen and oxygen atoms in total. The van der Waals surface area contributed by atoms with Gasteiger partial charge < -0.3 is 0 Å². The molecule has 2 saturated heterocycles. The van der Waals surface area contributed by atoms with Crippen molar-refractivity contribution in [1.82, 2.24) is 9.62 Å². The third-order valence-electron chi connectivity index (χ3n) is 9.81. The van der Waals surface area contributed by atoms with Crippen LogP contribution in [0.5, 0.6) is 0 Å². The Kier molecular flexibility index (Phi) is 4.97. The van der Waals surface area contributed by atoms with Gasteiger partial charge in [0.25, 0.3) is 0 Å². The van der Waals surface area contributed by atoms with Gasteiger partial charge in [-0.05, 0) is 68.4 Å². The molecule has 170 valence electrons. The van der Waals surface area contributed by atoms with Gasteiger partial charge in [0.2, 0.25) is 10.0 Å². The van der Waals surface area contributed by atoms with Gasteiger partial charge in [0.15, 0.2) is 0 Å². The molecule has 1 aromatic rings. The molecule has 3 aliphatic carbocycles. The highest BCUT2D eigenvalue weighted by Gasteiger charge is 2.65. The van der Waals surface area contributed by atoms with Crippen LogP contribution >= 0.6 is 0 Å². The predicted molar refractivity (Wildman–Crippen MR) is 122 cm³/mol. The van der Waals surface area contributed by atoms with Crippen molar-refractivity contribution in [2.45, 2.75) is 70.4 Å². The van der Waals surface area contributed by atoms with Gasteiger partial charge in [-0.15, -0.1) is 0 Å². The van der Waals surface area contributed by atoms with Crippen LogP contribution in [0.3, 0.4) is 0 Å². The summed E-state index contributed by atoms with van der Waals surface area (Å²) in [6, 6.07) is 9.76. The van der Waals surface area contributed by atoms with Crippen LogP contribution < -0.4 is 4.72 Å². The average molecular weight is 445 g/mol. The van der Waals surface area contributed by atoms with Crippen molar-refractivity contribution in [2.24, 2.45) is 22.7 Å². The minimum absolute atomic E-state index is 0.0753. The van der Waals surface area contributed by atoms with Gasteiger partial charge in [-0.2, -0.15) is 0 Å². The van der Waals surface area contributed by atoms with E-state index in [1.165, 1.54) is 0 Å². The van der Waals surface area contributed by atoms with Crippen molar-refractivity contribution in [3.63, 3.8) is 0 Å². The Labute approximate surface area is 187 Å². The van der Waals surface area contributed by atoms with E-state index in [1.807, 2.05) is 30.3 Å². The fraction of sp³-hybridized carbons (Fsp3) is 0.720. The summed E-state index contributed by atoms with van der Waals surface area (Å²) in [5.41, 5.74) is -0.164. The molecule has 0 spiro atoms. The topological polar surface area (TPSA) is 66.5 Å². The summed E-state index contributed by atoms with van der Waals surface area (Å²) < 4.78 is 30.6. The number of benzene rings is 1. The Morgan fingerprint density at radius 2 is 1.77 bits per heavy atom. The van der Waals surface area contributed by atoms with E-state index in [1.54, 1.807) is 0 Å². The van der Waals surface area contributed by atoms with Gasteiger partial charge in [-0.1, -0.05) is 44.2 Å². The summed E-state index contributed by atoms with van der Waals surface area (Å²) in [7, 11) is -1.51. The van der Waals surface area contributed by atoms with Crippen LogP contribution in [0, 0.1) is 22.7 Å². The Morgan fingerprint density at radius 1 is 1.10 bits per heavy atom. The minimum atomic E-state index is -3.66. The number of nitrogens with one attached hydrogen (secondary N) is 1. The minimum Gasteiger partial charge on any atom is -0.299 e. The van der Waals surface area contributed by atoms with E-state index in [4.69, 9.17) is 0 Å². The zero-order valence-electron chi connectivity index (χ0n) is 19.1. The fourth-order valence-corrected chi connectivity index (χ4v) is 9.73. The lowest BCUT2D eigenvalue weighted by atomic mass is 9.66. The van der Waals surface area contributed by atoms with E-state index in [9.17, 15) is 13.2 Å². The molecule has 5 aliphatic rings. The number of rotatable bonds is 6. The van der Waals surface area contributed by atoms with Crippen LogP contribution in [0.2, 0.25) is 0 Å². The molecule has 2 aliphatic heterocycles. The molecule has 0 amide bonds. The number of piperidine rings is 2. The molecular formula is C25H36N2O3S. The number of nitrogens with zero attached hydrogens (tertiary/aromatic N) is 1. The molecule has 4 bridgehead atoms. The van der Waals surface area contributed by atoms with E-state index < -0.39 is 15.4 Å². The standard InChI is InChI=1S/C25H36N2O3S/c1-23(2)20-11-12-24(23,21(28)15-20)17-31(29,30)26-22(19-7-5-4-6-8-19)25-13-9-18(10-14-25)16-27(25)3/h4-8,18,20,22,26H,9-17H2,1-3H3/t18?,20-,22+,24-,25?/m1/s1. The highest BCUT2D eigenvalue weighted by Crippen LogP contribution is 2.64. The van der Waals surface area contributed by atoms with Crippen LogP contribution in [0.25, 0.3) is 0 Å². The lowest BCUT2D eigenvalue weighted by Crippen LogP contribution is -2.63. The number of hydrogen-bond donors (Lipinski definition) is 1. The summed E-state index contributed by atoms with van der Waals surface area (Å²) in [6.45, 7) is 5.24. The molecule has 5 fully saturated rings. The molecule has 6 rings (SSSR count). The summed E-state index contributed by atoms with van der Waals surface area (Å²) in [5.74, 6) is 1.13. The molecule has 1 aromatic carbocycles. The number of Topliss-reactive ketones (excluding diaryl/α,β-unsaturated/α-hetero) is 1. The quantitative estimate of drug-likeness (QED) is 0.722. The maximum Gasteiger partial charge on any atom is 0.213 e. The second-order valence-electron chi connectivity index (χ2n) is 11.3. The third kappa shape index (κ3) is 3.16. The first-order valence-corrected chi connectivity index (χ1v) is 13.5. The van der Waals surface area contributed by atoms with Crippen LogP contribution in [-0.4, -0.2) is 44.0 Å². The molecule has 31 heavy (non-hydrogen) atoms. The fourth-order valence-electron chi connectivity index (χ4n) is 7.61. The summed E-state index contributed by atoms with van der Waals surface area (Å²) in [6.07, 6.45) is 6.54. The number of carbonyl (C=O) groups is 1. The van der Waals surface area contributed by atoms with E-state index >= 15 is 0 Å². The summed E-state index contributed by atoms with van der Waals surface area (Å²) >= 11 is 0. The van der Waals surface area contributed by atoms with Gasteiger partial charge in [0.05, 0.1) is 11.8 Å². The molecular weight excluding hydrogens is 408 g/mol. The van der Waals surface area contributed by atoms with Crippen LogP contribution in [0.4, 0.5) is 0 Å². The Balaban J connectivity index is 1.49. The second kappa shape index (κ2) is 7.13. The first-order valence-electron chi connectivity index (χ1n) is 11.9. The smallest absolute Gasteiger partial charge is 0.213 e. The lowest BCUT2D eigenvalue weighted by molar-refractivity contribution is -0.128. The summed E-state index contributed by atoms with van der Waals surface area (Å²) in [5, 5.41) is 0. The van der Waals surface area contributed by atoms with Crippen molar-refractivity contribution in [1.29, 1.82) is 0 Å². The SMILES string of the molecule is CN1CC2CCC1([C@@H](NS(=O)(=O)C[C@]13CC[C@H](CC1=O)C3(C)C)c1ccccc1)CC2. The van der Waals surface area contributed by atoms with Gasteiger partial charge in [0, 0.05) is 23.9 Å². The molecule has 1 N–H and O–H groups in total. The maximum absolute atomic E-state index is 13.7. The van der Waals surface area contributed by atoms with Crippen molar-refractivity contribution in [2.75, 3.05) is 19.3 Å². The van der Waals surface area contributed by atoms with Crippen molar-refractivity contribution < 1.29 is 13.2 Å². The number of fused-ring (bicyclic) bond motifs is 5. The zero-order chi connectivity index (χ0) is 22.1. The van der Waals surface area contributed by atoms with Gasteiger partial charge >= 0.3 is 0 Å². The first-order chi connectivity index (χ1) is 14.6. The van der Waals surface area contributed by atoms with Crippen LogP contribution in [0.1, 0.15) is 70.4 Å². The molecule has 2 heterocycles. The van der Waals surface area contributed by atoms with Crippen LogP contribution in [-0.2, 0) is 14.8 Å². The van der Waals surface area contributed by atoms with E-state index in [0.717, 1.165) is 50.1 Å². The van der Waals surface area contributed by atoms with Crippen molar-refractivity contribution in [3.05, 3.63) is 35.9 Å². The number of sulfonamides is 1. The van der Waals surface area contributed by atoms with E-state index in [2.05, 4.69) is 30.5 Å². The predicted octanol–water partition coefficient (Wildman–Crippen LogP) is 3.92. The second-order valence-corrected chi connectivity index (χ2v) is 13.1. The van der Waals surface area contributed by atoms with Gasteiger partial charge in [-0.25, -0.2) is 13.1 Å². The number of carbonyl (C=O) groups excluding carboxylic acids is 1. The summed E-state index contributed by atoms with van der Waals surface area (Å²) in [4.78, 5) is 15.4. The number of hydrogen-bond acceptors (Lipinski definition) is 4. The highest BCUT2D eigenvalue weighted by atomic mass is 32.2. The number of likely N-dealkylation sites (N-methyl/N-ethyl adjacent to an activating group) is 1. The zero-order valence-corrected chi connectivity index (χ0v) is 19.9. The molecule has 3 atom stereocenters. The highest BCUT2D eigenvalue weighted by molar-refractivity contribution is 7.89. The van der Waals surface area contributed by atoms with Gasteiger partial charge in [-0.3, -0.25) is 9.69 Å². The Bertz CT molecular complexity index is 966. The van der Waals surface area contributed by atoms with Crippen LogP contribution in [0.15, 0.2) is 30.3 Å². The molecule has 0 aromatic heterocycles. The molecule has 3 saturated carbocycles. The molecule has 0 unspecified atom stereocenters. The largest absolute Gasteiger partial charge is 0.299 e. The normalized spacial score (nSPS) is 38.0. The molecule has 0 radical (unpaired) electrons. The van der Waals surface area contributed by atoms with E-state index in [-0.39, 0.29) is 28.5 Å². The number of ketones is 1. The Morgan fingerprint density at radius 3 is 2.32 bits per heavy atom. The first kappa shape index (κ1) is 21.6.